The minimum Gasteiger partial charge on any atom is -0.339 e. The molecule has 0 spiro atoms. The fraction of sp³-hybridized carbons (Fsp3) is 0.636. The van der Waals surface area contributed by atoms with E-state index < -0.39 is 0 Å². The molecule has 4 fully saturated rings. The average Bonchev–Trinajstić information content (AvgIpc) is 2.79. The lowest BCUT2D eigenvalue weighted by atomic mass is 9.76. The van der Waals surface area contributed by atoms with Gasteiger partial charge in [-0.3, -0.25) is 14.6 Å². The SMILES string of the molecule is O=C(c1ccccn1)N1CCN(C(=O)N2CC3CC(C2)[C@H]2CCCC(=O)N2C3)CC1. The first-order valence-corrected chi connectivity index (χ1v) is 11.1. The van der Waals surface area contributed by atoms with E-state index >= 15 is 0 Å². The van der Waals surface area contributed by atoms with Gasteiger partial charge in [-0.15, -0.1) is 0 Å². The molecule has 3 atom stereocenters. The molecule has 0 N–H and O–H groups in total. The molecule has 0 aromatic carbocycles. The predicted octanol–water partition coefficient (Wildman–Crippen LogP) is 1.29. The van der Waals surface area contributed by atoms with Crippen LogP contribution in [0.3, 0.4) is 0 Å². The van der Waals surface area contributed by atoms with E-state index in [9.17, 15) is 14.4 Å². The highest BCUT2D eigenvalue weighted by atomic mass is 16.2. The summed E-state index contributed by atoms with van der Waals surface area (Å²) in [6.07, 6.45) is 5.48. The molecule has 1 aromatic heterocycles. The number of piperidine rings is 3. The summed E-state index contributed by atoms with van der Waals surface area (Å²) in [5.41, 5.74) is 0.452. The number of carbonyl (C=O) groups is 3. The van der Waals surface area contributed by atoms with Gasteiger partial charge in [-0.25, -0.2) is 4.79 Å². The molecular weight excluding hydrogens is 382 g/mol. The lowest BCUT2D eigenvalue weighted by molar-refractivity contribution is -0.144. The summed E-state index contributed by atoms with van der Waals surface area (Å²) in [5.74, 6) is 1.02. The highest BCUT2D eigenvalue weighted by Crippen LogP contribution is 2.38. The van der Waals surface area contributed by atoms with Crippen LogP contribution in [0.1, 0.15) is 36.2 Å². The minimum atomic E-state index is -0.0720. The molecule has 0 radical (unpaired) electrons. The molecule has 2 bridgehead atoms. The molecule has 4 aliphatic heterocycles. The second kappa shape index (κ2) is 7.89. The summed E-state index contributed by atoms with van der Waals surface area (Å²) in [6, 6.07) is 5.74. The van der Waals surface area contributed by atoms with Crippen LogP contribution < -0.4 is 0 Å². The summed E-state index contributed by atoms with van der Waals surface area (Å²) in [4.78, 5) is 50.0. The molecule has 30 heavy (non-hydrogen) atoms. The predicted molar refractivity (Wildman–Crippen MR) is 110 cm³/mol. The number of fused-ring (bicyclic) bond motifs is 4. The summed E-state index contributed by atoms with van der Waals surface area (Å²) in [7, 11) is 0. The van der Waals surface area contributed by atoms with Gasteiger partial charge < -0.3 is 19.6 Å². The molecule has 8 nitrogen and oxygen atoms in total. The van der Waals surface area contributed by atoms with E-state index in [1.165, 1.54) is 0 Å². The van der Waals surface area contributed by atoms with Gasteiger partial charge in [-0.2, -0.15) is 0 Å². The quantitative estimate of drug-likeness (QED) is 0.698. The maximum atomic E-state index is 13.2. The zero-order valence-electron chi connectivity index (χ0n) is 17.3. The van der Waals surface area contributed by atoms with Crippen LogP contribution in [0.15, 0.2) is 24.4 Å². The zero-order valence-corrected chi connectivity index (χ0v) is 17.3. The first-order valence-electron chi connectivity index (χ1n) is 11.1. The van der Waals surface area contributed by atoms with E-state index in [-0.39, 0.29) is 11.9 Å². The number of urea groups is 1. The molecule has 160 valence electrons. The third-order valence-electron chi connectivity index (χ3n) is 7.17. The average molecular weight is 412 g/mol. The van der Waals surface area contributed by atoms with Gasteiger partial charge in [-0.05, 0) is 43.2 Å². The monoisotopic (exact) mass is 411 g/mol. The van der Waals surface area contributed by atoms with Gasteiger partial charge in [0.2, 0.25) is 5.91 Å². The van der Waals surface area contributed by atoms with Crippen LogP contribution in [0.4, 0.5) is 4.79 Å². The first kappa shape index (κ1) is 19.3. The zero-order chi connectivity index (χ0) is 20.7. The van der Waals surface area contributed by atoms with E-state index in [2.05, 4.69) is 9.88 Å². The highest BCUT2D eigenvalue weighted by Gasteiger charge is 2.45. The minimum absolute atomic E-state index is 0.0720. The Kier molecular flexibility index (Phi) is 5.08. The number of rotatable bonds is 1. The van der Waals surface area contributed by atoms with Crippen LogP contribution in [0.25, 0.3) is 0 Å². The van der Waals surface area contributed by atoms with Crippen molar-refractivity contribution >= 4 is 17.8 Å². The van der Waals surface area contributed by atoms with Crippen LogP contribution in [-0.2, 0) is 4.79 Å². The summed E-state index contributed by atoms with van der Waals surface area (Å²) >= 11 is 0. The second-order valence-corrected chi connectivity index (χ2v) is 9.05. The van der Waals surface area contributed by atoms with Gasteiger partial charge in [0.05, 0.1) is 0 Å². The van der Waals surface area contributed by atoms with Crippen LogP contribution in [0.5, 0.6) is 0 Å². The number of hydrogen-bond donors (Lipinski definition) is 0. The van der Waals surface area contributed by atoms with Crippen molar-refractivity contribution in [3.05, 3.63) is 30.1 Å². The Balaban J connectivity index is 1.19. The Morgan fingerprint density at radius 1 is 0.967 bits per heavy atom. The van der Waals surface area contributed by atoms with Gasteiger partial charge in [0.1, 0.15) is 5.69 Å². The molecule has 1 aromatic rings. The number of nitrogens with zero attached hydrogens (tertiary/aromatic N) is 5. The van der Waals surface area contributed by atoms with E-state index in [0.29, 0.717) is 62.1 Å². The van der Waals surface area contributed by atoms with Crippen molar-refractivity contribution in [1.82, 2.24) is 24.6 Å². The van der Waals surface area contributed by atoms with E-state index in [1.54, 1.807) is 23.2 Å². The Morgan fingerprint density at radius 3 is 2.53 bits per heavy atom. The largest absolute Gasteiger partial charge is 0.339 e. The Hall–Kier alpha value is -2.64. The first-order chi connectivity index (χ1) is 14.6. The number of amides is 4. The number of carbonyl (C=O) groups excluding carboxylic acids is 3. The molecule has 0 aliphatic carbocycles. The van der Waals surface area contributed by atoms with E-state index in [1.807, 2.05) is 15.9 Å². The molecule has 5 rings (SSSR count). The van der Waals surface area contributed by atoms with Gasteiger partial charge >= 0.3 is 6.03 Å². The molecule has 2 unspecified atom stereocenters. The Morgan fingerprint density at radius 2 is 1.77 bits per heavy atom. The van der Waals surface area contributed by atoms with Gasteiger partial charge in [0.15, 0.2) is 0 Å². The number of likely N-dealkylation sites (tertiary alicyclic amines) is 1. The van der Waals surface area contributed by atoms with Gasteiger partial charge in [-0.1, -0.05) is 6.07 Å². The molecular formula is C22H29N5O3. The van der Waals surface area contributed by atoms with E-state index in [0.717, 1.165) is 38.9 Å². The Bertz CT molecular complexity index is 823. The van der Waals surface area contributed by atoms with Crippen LogP contribution in [0, 0.1) is 11.8 Å². The second-order valence-electron chi connectivity index (χ2n) is 9.05. The Labute approximate surface area is 176 Å². The summed E-state index contributed by atoms with van der Waals surface area (Å²) < 4.78 is 0. The van der Waals surface area contributed by atoms with Crippen LogP contribution in [-0.4, -0.2) is 94.3 Å². The van der Waals surface area contributed by atoms with Crippen molar-refractivity contribution < 1.29 is 14.4 Å². The van der Waals surface area contributed by atoms with Crippen LogP contribution in [0.2, 0.25) is 0 Å². The molecule has 4 amide bonds. The van der Waals surface area contributed by atoms with Crippen molar-refractivity contribution in [2.75, 3.05) is 45.8 Å². The fourth-order valence-corrected chi connectivity index (χ4v) is 5.72. The third kappa shape index (κ3) is 3.52. The standard InChI is InChI=1S/C22H29N5O3/c28-20-6-3-5-19-17-12-16(14-27(19)20)13-26(15-17)22(30)25-10-8-24(9-11-25)21(29)18-4-1-2-7-23-18/h1-2,4,7,16-17,19H,3,5-6,8-15H2/t16?,17?,19-/m1/s1. The van der Waals surface area contributed by atoms with E-state index in [4.69, 9.17) is 0 Å². The number of aromatic nitrogens is 1. The number of pyridine rings is 1. The van der Waals surface area contributed by atoms with Gasteiger partial charge in [0, 0.05) is 64.5 Å². The smallest absolute Gasteiger partial charge is 0.320 e. The highest BCUT2D eigenvalue weighted by molar-refractivity contribution is 5.92. The maximum Gasteiger partial charge on any atom is 0.320 e. The number of hydrogen-bond acceptors (Lipinski definition) is 4. The lowest BCUT2D eigenvalue weighted by Gasteiger charge is -2.53. The number of piperazine rings is 1. The van der Waals surface area contributed by atoms with Crippen LogP contribution >= 0.6 is 0 Å². The molecule has 0 saturated carbocycles. The maximum absolute atomic E-state index is 13.2. The van der Waals surface area contributed by atoms with Crippen molar-refractivity contribution in [3.63, 3.8) is 0 Å². The molecule has 8 heteroatoms. The molecule has 5 heterocycles. The fourth-order valence-electron chi connectivity index (χ4n) is 5.72. The summed E-state index contributed by atoms with van der Waals surface area (Å²) in [5, 5.41) is 0. The van der Waals surface area contributed by atoms with Crippen molar-refractivity contribution in [3.8, 4) is 0 Å². The molecule has 4 aliphatic rings. The normalized spacial score (nSPS) is 28.9. The third-order valence-corrected chi connectivity index (χ3v) is 7.17. The van der Waals surface area contributed by atoms with Crippen molar-refractivity contribution in [2.45, 2.75) is 31.7 Å². The summed E-state index contributed by atoms with van der Waals surface area (Å²) in [6.45, 7) is 4.46. The lowest BCUT2D eigenvalue weighted by Crippen LogP contribution is -2.63. The van der Waals surface area contributed by atoms with Gasteiger partial charge in [0.25, 0.3) is 5.91 Å². The molecule has 4 saturated heterocycles. The topological polar surface area (TPSA) is 77.1 Å². The van der Waals surface area contributed by atoms with Crippen molar-refractivity contribution in [2.24, 2.45) is 11.8 Å². The van der Waals surface area contributed by atoms with Crippen molar-refractivity contribution in [1.29, 1.82) is 0 Å².